The van der Waals surface area contributed by atoms with Crippen LogP contribution in [0, 0.1) is 18.8 Å². The van der Waals surface area contributed by atoms with Crippen molar-refractivity contribution < 1.29 is 47.8 Å². The Morgan fingerprint density at radius 2 is 1.62 bits per heavy atom. The van der Waals surface area contributed by atoms with Gasteiger partial charge in [-0.2, -0.15) is 8.42 Å². The molecule has 242 valence electrons. The lowest BCUT2D eigenvalue weighted by Gasteiger charge is -2.50. The molecular weight excluding hydrogens is 608 g/mol. The number of amides is 1. The van der Waals surface area contributed by atoms with Gasteiger partial charge in [0.25, 0.3) is 16.0 Å². The van der Waals surface area contributed by atoms with E-state index in [4.69, 9.17) is 10.4 Å². The number of nitrogens with one attached hydrogen (secondary N) is 1. The number of rotatable bonds is 4. The van der Waals surface area contributed by atoms with Crippen molar-refractivity contribution in [2.75, 3.05) is 33.1 Å². The van der Waals surface area contributed by atoms with E-state index in [2.05, 4.69) is 0 Å². The van der Waals surface area contributed by atoms with Crippen molar-refractivity contribution in [2.45, 2.75) is 36.3 Å². The molecule has 2 aromatic carbocycles. The minimum absolute atomic E-state index is 0.00298. The minimum Gasteiger partial charge on any atom is -0.510 e. The topological polar surface area (TPSA) is 231 Å². The average molecular weight is 645 g/mol. The fraction of sp³-hybridized carbons (Fsp3) is 0.367. The molecule has 2 aromatic rings. The van der Waals surface area contributed by atoms with E-state index in [1.54, 1.807) is 56.7 Å². The summed E-state index contributed by atoms with van der Waals surface area (Å²) in [5.41, 5.74) is 0.426. The monoisotopic (exact) mass is 644 g/mol. The van der Waals surface area contributed by atoms with Crippen LogP contribution in [0.5, 0.6) is 5.75 Å². The number of hydrazine groups is 1. The summed E-state index contributed by atoms with van der Waals surface area (Å²) in [6, 6.07) is 8.03. The highest BCUT2D eigenvalue weighted by Crippen LogP contribution is 2.53. The third-order valence-electron chi connectivity index (χ3n) is 8.49. The lowest BCUT2D eigenvalue weighted by atomic mass is 9.58. The quantitative estimate of drug-likeness (QED) is 0.0808. The second-order valence-electron chi connectivity index (χ2n) is 11.7. The van der Waals surface area contributed by atoms with Gasteiger partial charge in [-0.25, -0.2) is 5.84 Å². The smallest absolute Gasteiger partial charge is 0.294 e. The van der Waals surface area contributed by atoms with Crippen molar-refractivity contribution in [2.24, 2.45) is 17.7 Å². The molecule has 0 spiro atoms. The number of aliphatic hydroxyl groups is 3. The molecule has 0 bridgehead atoms. The number of aryl methyl sites for hydroxylation is 1. The fourth-order valence-corrected chi connectivity index (χ4v) is 6.90. The van der Waals surface area contributed by atoms with E-state index in [1.165, 1.54) is 23.1 Å². The molecule has 3 aliphatic carbocycles. The van der Waals surface area contributed by atoms with E-state index in [-0.39, 0.29) is 34.6 Å². The fourth-order valence-electron chi connectivity index (χ4n) is 6.42. The van der Waals surface area contributed by atoms with Crippen molar-refractivity contribution in [3.8, 4) is 5.75 Å². The van der Waals surface area contributed by atoms with Gasteiger partial charge in [0.15, 0.2) is 11.4 Å². The first-order chi connectivity index (χ1) is 20.9. The molecule has 3 aliphatic rings. The molecule has 0 fully saturated rings. The molecule has 15 heteroatoms. The number of carbonyl (C=O) groups is 3. The number of hydrogen-bond acceptors (Lipinski definition) is 12. The number of benzene rings is 2. The first kappa shape index (κ1) is 33.6. The summed E-state index contributed by atoms with van der Waals surface area (Å²) in [6.45, 7) is 1.84. The van der Waals surface area contributed by atoms with Crippen LogP contribution in [0.1, 0.15) is 27.9 Å². The van der Waals surface area contributed by atoms with Gasteiger partial charge >= 0.3 is 0 Å². The van der Waals surface area contributed by atoms with Gasteiger partial charge in [-0.1, -0.05) is 17.7 Å². The maximum absolute atomic E-state index is 13.5. The minimum atomic E-state index is -4.02. The van der Waals surface area contributed by atoms with Crippen LogP contribution in [0.3, 0.4) is 0 Å². The van der Waals surface area contributed by atoms with Gasteiger partial charge in [0.2, 0.25) is 5.78 Å². The summed E-state index contributed by atoms with van der Waals surface area (Å²) in [4.78, 5) is 42.5. The Hall–Kier alpha value is -4.28. The number of ketones is 2. The van der Waals surface area contributed by atoms with Crippen LogP contribution in [0.2, 0.25) is 0 Å². The van der Waals surface area contributed by atoms with Crippen molar-refractivity contribution in [3.05, 3.63) is 75.8 Å². The van der Waals surface area contributed by atoms with Crippen LogP contribution in [0.25, 0.3) is 0 Å². The second-order valence-corrected chi connectivity index (χ2v) is 13.1. The summed E-state index contributed by atoms with van der Waals surface area (Å²) < 4.78 is 29.6. The SMILES string of the molecule is CN(C)c1ccc(O)c2c1CC1CC3[C@H](N(C)C)C(O)=C(C(=O)NN)C(=O)C3(O)C(O)=C1C2=O.Cc1ccc(S(=O)(=O)O)cc1. The standard InChI is InChI=1S/C23H28N4O7.C7H8O3S/c1-26(2)12-5-6-13(28)15-10(12)7-9-8-11-17(27(3)4)19(30)16(22(33)25-24)21(32)23(11,34)20(31)14(9)18(15)29;1-6-2-4-7(5-3-6)11(8,9)10/h5-6,9,11,17,28,30-31,34H,7-8,24H2,1-4H3,(H,25,33);2-5H,1H3,(H,8,9,10)/t9?,11?,17-,23?;/m0./s1. The predicted molar refractivity (Wildman–Crippen MR) is 162 cm³/mol. The van der Waals surface area contributed by atoms with Crippen LogP contribution < -0.4 is 16.2 Å². The van der Waals surface area contributed by atoms with E-state index >= 15 is 0 Å². The molecule has 0 saturated heterocycles. The molecule has 4 atom stereocenters. The number of aliphatic hydroxyl groups excluding tert-OH is 2. The van der Waals surface area contributed by atoms with Crippen molar-refractivity contribution in [1.29, 1.82) is 0 Å². The molecule has 3 unspecified atom stereocenters. The Morgan fingerprint density at radius 3 is 2.13 bits per heavy atom. The highest BCUT2D eigenvalue weighted by Gasteiger charge is 2.63. The number of likely N-dealkylation sites (N-methyl/N-ethyl adjacent to an activating group) is 1. The molecule has 8 N–H and O–H groups in total. The molecule has 0 radical (unpaired) electrons. The Morgan fingerprint density at radius 1 is 1.02 bits per heavy atom. The number of phenolic OH excluding ortho intramolecular Hbond substituents is 1. The molecule has 1 amide bonds. The van der Waals surface area contributed by atoms with E-state index in [1.807, 2.05) is 6.92 Å². The van der Waals surface area contributed by atoms with Gasteiger partial charge in [-0.05, 0) is 69.6 Å². The number of Topliss-reactive ketones (excluding diaryl/α,β-unsaturated/α-hetero) is 2. The molecule has 0 saturated carbocycles. The van der Waals surface area contributed by atoms with Gasteiger partial charge in [-0.3, -0.25) is 29.3 Å². The Balaban J connectivity index is 0.000000354. The van der Waals surface area contributed by atoms with E-state index < -0.39 is 68.2 Å². The van der Waals surface area contributed by atoms with Gasteiger partial charge < -0.3 is 25.3 Å². The van der Waals surface area contributed by atoms with Crippen molar-refractivity contribution in [3.63, 3.8) is 0 Å². The number of allylic oxidation sites excluding steroid dienone is 1. The molecule has 0 aromatic heterocycles. The number of anilines is 1. The first-order valence-electron chi connectivity index (χ1n) is 13.8. The number of aromatic hydroxyl groups is 1. The van der Waals surface area contributed by atoms with Crippen LogP contribution in [0.4, 0.5) is 5.69 Å². The molecular formula is C30H36N4O10S. The summed E-state index contributed by atoms with van der Waals surface area (Å²) in [6.07, 6.45) is 0.309. The third kappa shape index (κ3) is 5.57. The molecule has 5 rings (SSSR count). The van der Waals surface area contributed by atoms with Gasteiger partial charge in [-0.15, -0.1) is 0 Å². The summed E-state index contributed by atoms with van der Waals surface area (Å²) in [5, 5.41) is 44.2. The summed E-state index contributed by atoms with van der Waals surface area (Å²) >= 11 is 0. The maximum atomic E-state index is 13.5. The number of fused-ring (bicyclic) bond motifs is 3. The lowest BCUT2D eigenvalue weighted by molar-refractivity contribution is -0.148. The number of carbonyl (C=O) groups excluding carboxylic acids is 3. The second kappa shape index (κ2) is 11.9. The molecule has 45 heavy (non-hydrogen) atoms. The Kier molecular flexibility index (Phi) is 8.89. The Bertz CT molecular complexity index is 1750. The predicted octanol–water partition coefficient (Wildman–Crippen LogP) is 0.933. The number of phenols is 1. The third-order valence-corrected chi connectivity index (χ3v) is 9.36. The molecule has 0 heterocycles. The van der Waals surface area contributed by atoms with Crippen LogP contribution in [-0.4, -0.2) is 95.6 Å². The number of nitrogens with two attached hydrogens (primary N) is 1. The van der Waals surface area contributed by atoms with Crippen LogP contribution in [-0.2, 0) is 26.1 Å². The zero-order chi connectivity index (χ0) is 33.8. The average Bonchev–Trinajstić information content (AvgIpc) is 2.94. The highest BCUT2D eigenvalue weighted by molar-refractivity contribution is 7.85. The van der Waals surface area contributed by atoms with Crippen molar-refractivity contribution >= 4 is 33.3 Å². The Labute approximate surface area is 259 Å². The van der Waals surface area contributed by atoms with E-state index in [0.717, 1.165) is 5.56 Å². The van der Waals surface area contributed by atoms with Crippen LogP contribution >= 0.6 is 0 Å². The normalized spacial score (nSPS) is 24.3. The van der Waals surface area contributed by atoms with Crippen LogP contribution in [0.15, 0.2) is 64.0 Å². The number of nitrogens with zero attached hydrogens (tertiary/aromatic N) is 2. The summed E-state index contributed by atoms with van der Waals surface area (Å²) in [7, 11) is 2.76. The zero-order valence-electron chi connectivity index (χ0n) is 25.3. The maximum Gasteiger partial charge on any atom is 0.294 e. The van der Waals surface area contributed by atoms with Crippen molar-refractivity contribution in [1.82, 2.24) is 10.3 Å². The largest absolute Gasteiger partial charge is 0.510 e. The summed E-state index contributed by atoms with van der Waals surface area (Å²) in [5.74, 6) is -1.28. The van der Waals surface area contributed by atoms with E-state index in [9.17, 15) is 43.2 Å². The first-order valence-corrected chi connectivity index (χ1v) is 15.2. The number of hydrogen-bond donors (Lipinski definition) is 7. The van der Waals surface area contributed by atoms with Gasteiger partial charge in [0, 0.05) is 31.3 Å². The zero-order valence-corrected chi connectivity index (χ0v) is 26.1. The molecule has 14 nitrogen and oxygen atoms in total. The van der Waals surface area contributed by atoms with Gasteiger partial charge in [0.1, 0.15) is 22.8 Å². The molecule has 0 aliphatic heterocycles. The highest BCUT2D eigenvalue weighted by atomic mass is 32.2. The van der Waals surface area contributed by atoms with E-state index in [0.29, 0.717) is 11.3 Å². The van der Waals surface area contributed by atoms with Gasteiger partial charge in [0.05, 0.1) is 16.5 Å². The lowest BCUT2D eigenvalue weighted by Crippen LogP contribution is -2.64.